The zero-order valence-electron chi connectivity index (χ0n) is 21.2. The number of piperazine rings is 1. The van der Waals surface area contributed by atoms with Crippen molar-refractivity contribution in [3.05, 3.63) is 57.7 Å². The molecule has 2 aromatic carbocycles. The largest absolute Gasteiger partial charge is 0.381 e. The van der Waals surface area contributed by atoms with Crippen LogP contribution in [0.4, 0.5) is 5.69 Å². The third-order valence-corrected chi connectivity index (χ3v) is 8.26. The number of amides is 1. The smallest absolute Gasteiger partial charge is 0.225 e. The number of aromatic nitrogens is 1. The molecular weight excluding hydrogens is 523 g/mol. The second-order valence-electron chi connectivity index (χ2n) is 10.1. The van der Waals surface area contributed by atoms with E-state index in [4.69, 9.17) is 23.2 Å². The zero-order chi connectivity index (χ0) is 26.8. The number of hydrogen-bond donors (Lipinski definition) is 2. The summed E-state index contributed by atoms with van der Waals surface area (Å²) in [4.78, 5) is 43.4. The molecule has 2 aliphatic rings. The van der Waals surface area contributed by atoms with E-state index in [1.807, 2.05) is 23.1 Å². The van der Waals surface area contributed by atoms with Gasteiger partial charge in [-0.05, 0) is 68.0 Å². The molecule has 0 atom stereocenters. The molecule has 2 heterocycles. The minimum absolute atomic E-state index is 0.0584. The number of halogens is 2. The number of nitrogens with one attached hydrogen (secondary N) is 2. The van der Waals surface area contributed by atoms with Gasteiger partial charge in [0.05, 0.1) is 32.4 Å². The van der Waals surface area contributed by atoms with Gasteiger partial charge in [-0.3, -0.25) is 19.4 Å². The highest BCUT2D eigenvalue weighted by molar-refractivity contribution is 6.39. The molecule has 1 aliphatic heterocycles. The van der Waals surface area contributed by atoms with E-state index in [-0.39, 0.29) is 39.3 Å². The Kier molecular flexibility index (Phi) is 7.98. The second-order valence-corrected chi connectivity index (χ2v) is 10.9. The fourth-order valence-electron chi connectivity index (χ4n) is 5.49. The molecule has 9 heteroatoms. The normalized spacial score (nSPS) is 19.8. The van der Waals surface area contributed by atoms with E-state index in [2.05, 4.69) is 15.6 Å². The molecule has 0 radical (unpaired) electrons. The number of aldehydes is 1. The summed E-state index contributed by atoms with van der Waals surface area (Å²) in [6.45, 7) is 4.80. The number of rotatable bonds is 6. The van der Waals surface area contributed by atoms with E-state index < -0.39 is 0 Å². The van der Waals surface area contributed by atoms with Crippen LogP contribution in [0.5, 0.6) is 0 Å². The molecule has 1 saturated heterocycles. The van der Waals surface area contributed by atoms with Gasteiger partial charge in [0, 0.05) is 49.7 Å². The first kappa shape index (κ1) is 26.6. The molecule has 7 nitrogen and oxygen atoms in total. The van der Waals surface area contributed by atoms with E-state index in [1.165, 1.54) is 0 Å². The van der Waals surface area contributed by atoms with Gasteiger partial charge in [0.25, 0.3) is 0 Å². The van der Waals surface area contributed by atoms with Crippen LogP contribution in [-0.4, -0.2) is 60.1 Å². The van der Waals surface area contributed by atoms with Crippen molar-refractivity contribution in [2.24, 2.45) is 5.92 Å². The zero-order valence-corrected chi connectivity index (χ0v) is 22.7. The van der Waals surface area contributed by atoms with Crippen LogP contribution >= 0.6 is 23.2 Å². The SMILES string of the molecule is CC(=O)c1cnc2ccc(-c3cc(Cl)c(C=O)c(Cl)c3)cc2c1NC1CCC(C(=O)N2CCNCC2)CC1. The summed E-state index contributed by atoms with van der Waals surface area (Å²) in [6, 6.07) is 9.36. The Balaban J connectivity index is 1.42. The summed E-state index contributed by atoms with van der Waals surface area (Å²) in [5.74, 6) is 0.255. The van der Waals surface area contributed by atoms with Crippen LogP contribution in [0.2, 0.25) is 10.0 Å². The monoisotopic (exact) mass is 552 g/mol. The number of pyridine rings is 1. The van der Waals surface area contributed by atoms with Crippen LogP contribution in [0.15, 0.2) is 36.5 Å². The number of hydrogen-bond acceptors (Lipinski definition) is 6. The fraction of sp³-hybridized carbons (Fsp3) is 0.379. The van der Waals surface area contributed by atoms with Gasteiger partial charge in [0.1, 0.15) is 0 Å². The molecule has 5 rings (SSSR count). The molecule has 3 aromatic rings. The summed E-state index contributed by atoms with van der Waals surface area (Å²) in [5.41, 5.74) is 3.90. The maximum atomic E-state index is 13.0. The Morgan fingerprint density at radius 1 is 1.03 bits per heavy atom. The molecule has 1 amide bonds. The van der Waals surface area contributed by atoms with E-state index in [9.17, 15) is 14.4 Å². The summed E-state index contributed by atoms with van der Waals surface area (Å²) < 4.78 is 0. The van der Waals surface area contributed by atoms with Crippen molar-refractivity contribution in [3.8, 4) is 11.1 Å². The average Bonchev–Trinajstić information content (AvgIpc) is 2.93. The summed E-state index contributed by atoms with van der Waals surface area (Å²) in [5, 5.41) is 8.32. The number of fused-ring (bicyclic) bond motifs is 1. The first-order valence-electron chi connectivity index (χ1n) is 13.0. The van der Waals surface area contributed by atoms with Gasteiger partial charge < -0.3 is 15.5 Å². The van der Waals surface area contributed by atoms with Crippen LogP contribution in [0.25, 0.3) is 22.0 Å². The quantitative estimate of drug-likeness (QED) is 0.304. The van der Waals surface area contributed by atoms with Gasteiger partial charge in [-0.25, -0.2) is 0 Å². The molecule has 2 fully saturated rings. The molecule has 38 heavy (non-hydrogen) atoms. The Labute approximate surface area is 231 Å². The third kappa shape index (κ3) is 5.41. The van der Waals surface area contributed by atoms with Gasteiger partial charge in [0.2, 0.25) is 5.91 Å². The standard InChI is InChI=1S/C29H30Cl2N4O3/c1-17(37)23-15-33-27-7-4-19(20-13-25(30)24(16-36)26(31)14-20)12-22(27)28(23)34-21-5-2-18(3-6-21)29(38)35-10-8-32-9-11-35/h4,7,12-16,18,21,32H,2-3,5-6,8-11H2,1H3,(H,33,34). The Morgan fingerprint density at radius 2 is 1.71 bits per heavy atom. The highest BCUT2D eigenvalue weighted by Crippen LogP contribution is 2.36. The average molecular weight is 553 g/mol. The van der Waals surface area contributed by atoms with Gasteiger partial charge >= 0.3 is 0 Å². The number of anilines is 1. The molecule has 0 spiro atoms. The Morgan fingerprint density at radius 3 is 2.34 bits per heavy atom. The van der Waals surface area contributed by atoms with Crippen molar-refractivity contribution in [1.82, 2.24) is 15.2 Å². The van der Waals surface area contributed by atoms with Crippen LogP contribution in [-0.2, 0) is 4.79 Å². The molecule has 1 aromatic heterocycles. The third-order valence-electron chi connectivity index (χ3n) is 7.63. The summed E-state index contributed by atoms with van der Waals surface area (Å²) in [6.07, 6.45) is 5.61. The maximum Gasteiger partial charge on any atom is 0.225 e. The lowest BCUT2D eigenvalue weighted by atomic mass is 9.84. The molecule has 198 valence electrons. The predicted octanol–water partition coefficient (Wildman–Crippen LogP) is 5.63. The van der Waals surface area contributed by atoms with E-state index in [0.29, 0.717) is 11.8 Å². The lowest BCUT2D eigenvalue weighted by Gasteiger charge is -2.35. The number of carbonyl (C=O) groups excluding carboxylic acids is 3. The van der Waals surface area contributed by atoms with Gasteiger partial charge in [-0.2, -0.15) is 0 Å². The van der Waals surface area contributed by atoms with Crippen LogP contribution in [0, 0.1) is 5.92 Å². The number of ketones is 1. The number of benzene rings is 2. The molecule has 1 aliphatic carbocycles. The molecular formula is C29H30Cl2N4O3. The van der Waals surface area contributed by atoms with E-state index in [0.717, 1.165) is 79.6 Å². The van der Waals surface area contributed by atoms with E-state index >= 15 is 0 Å². The first-order chi connectivity index (χ1) is 18.4. The Bertz CT molecular complexity index is 1370. The van der Waals surface area contributed by atoms with Crippen LogP contribution in [0.1, 0.15) is 53.3 Å². The molecule has 1 saturated carbocycles. The number of carbonyl (C=O) groups is 3. The second kappa shape index (κ2) is 11.4. The highest BCUT2D eigenvalue weighted by Gasteiger charge is 2.30. The maximum absolute atomic E-state index is 13.0. The minimum atomic E-state index is -0.0729. The van der Waals surface area contributed by atoms with Gasteiger partial charge in [-0.1, -0.05) is 29.3 Å². The summed E-state index contributed by atoms with van der Waals surface area (Å²) in [7, 11) is 0. The lowest BCUT2D eigenvalue weighted by molar-refractivity contribution is -0.137. The van der Waals surface area contributed by atoms with Crippen molar-refractivity contribution < 1.29 is 14.4 Å². The number of nitrogens with zero attached hydrogens (tertiary/aromatic N) is 2. The van der Waals surface area contributed by atoms with Crippen molar-refractivity contribution in [1.29, 1.82) is 0 Å². The Hall–Kier alpha value is -3.00. The van der Waals surface area contributed by atoms with Crippen LogP contribution in [0.3, 0.4) is 0 Å². The van der Waals surface area contributed by atoms with Crippen molar-refractivity contribution >= 4 is 57.8 Å². The molecule has 0 bridgehead atoms. The number of Topliss-reactive ketones (excluding diaryl/α,β-unsaturated/α-hetero) is 1. The fourth-order valence-corrected chi connectivity index (χ4v) is 6.07. The van der Waals surface area contributed by atoms with Crippen molar-refractivity contribution in [2.45, 2.75) is 38.6 Å². The van der Waals surface area contributed by atoms with Crippen molar-refractivity contribution in [2.75, 3.05) is 31.5 Å². The van der Waals surface area contributed by atoms with Gasteiger partial charge in [0.15, 0.2) is 12.1 Å². The minimum Gasteiger partial charge on any atom is -0.381 e. The molecule has 0 unspecified atom stereocenters. The predicted molar refractivity (Wildman–Crippen MR) is 151 cm³/mol. The summed E-state index contributed by atoms with van der Waals surface area (Å²) >= 11 is 12.6. The van der Waals surface area contributed by atoms with Crippen LogP contribution < -0.4 is 10.6 Å². The lowest BCUT2D eigenvalue weighted by Crippen LogP contribution is -2.49. The highest BCUT2D eigenvalue weighted by atomic mass is 35.5. The first-order valence-corrected chi connectivity index (χ1v) is 13.8. The molecule has 2 N–H and O–H groups in total. The topological polar surface area (TPSA) is 91.4 Å². The van der Waals surface area contributed by atoms with Crippen molar-refractivity contribution in [3.63, 3.8) is 0 Å². The van der Waals surface area contributed by atoms with E-state index in [1.54, 1.807) is 25.3 Å². The van der Waals surface area contributed by atoms with Gasteiger partial charge in [-0.15, -0.1) is 0 Å².